The van der Waals surface area contributed by atoms with Crippen molar-refractivity contribution in [3.05, 3.63) is 12.3 Å². The molecule has 1 atom stereocenters. The molecule has 1 saturated carbocycles. The summed E-state index contributed by atoms with van der Waals surface area (Å²) in [5.74, 6) is 2.09. The summed E-state index contributed by atoms with van der Waals surface area (Å²) >= 11 is 0. The lowest BCUT2D eigenvalue weighted by Crippen LogP contribution is -2.22. The van der Waals surface area contributed by atoms with Gasteiger partial charge in [-0.15, -0.1) is 0 Å². The topological polar surface area (TPSA) is 29.9 Å². The molecular weight excluding hydrogens is 186 g/mol. The number of anilines is 1. The van der Waals surface area contributed by atoms with E-state index >= 15 is 0 Å². The molecule has 0 radical (unpaired) electrons. The van der Waals surface area contributed by atoms with Crippen LogP contribution in [0.5, 0.6) is 0 Å². The van der Waals surface area contributed by atoms with Crippen molar-refractivity contribution in [3.63, 3.8) is 0 Å². The summed E-state index contributed by atoms with van der Waals surface area (Å²) in [6.45, 7) is 5.45. The van der Waals surface area contributed by atoms with Crippen molar-refractivity contribution in [2.75, 3.05) is 5.32 Å². The maximum atomic E-state index is 4.33. The Morgan fingerprint density at radius 1 is 1.53 bits per heavy atom. The maximum Gasteiger partial charge on any atom is 0.124 e. The highest BCUT2D eigenvalue weighted by molar-refractivity contribution is 5.35. The van der Waals surface area contributed by atoms with Crippen LogP contribution in [0.1, 0.15) is 39.5 Å². The van der Waals surface area contributed by atoms with Crippen LogP contribution in [0.25, 0.3) is 0 Å². The van der Waals surface area contributed by atoms with E-state index in [1.54, 1.807) is 0 Å². The number of hydrogen-bond acceptors (Lipinski definition) is 2. The normalized spacial score (nSPS) is 17.7. The molecule has 1 N–H and O–H groups in total. The first-order chi connectivity index (χ1) is 7.35. The second kappa shape index (κ2) is 4.69. The predicted octanol–water partition coefficient (Wildman–Crippen LogP) is 2.89. The number of aryl methyl sites for hydroxylation is 1. The van der Waals surface area contributed by atoms with Gasteiger partial charge in [0.1, 0.15) is 5.82 Å². The molecule has 1 aliphatic rings. The zero-order valence-electron chi connectivity index (χ0n) is 9.74. The van der Waals surface area contributed by atoms with Gasteiger partial charge in [-0.2, -0.15) is 5.10 Å². The second-order valence-corrected chi connectivity index (χ2v) is 4.44. The highest BCUT2D eigenvalue weighted by Crippen LogP contribution is 2.35. The van der Waals surface area contributed by atoms with E-state index in [1.807, 2.05) is 6.20 Å². The summed E-state index contributed by atoms with van der Waals surface area (Å²) in [5.41, 5.74) is 0. The molecule has 84 valence electrons. The van der Waals surface area contributed by atoms with Gasteiger partial charge in [0.05, 0.1) is 6.20 Å². The molecule has 1 aromatic rings. The van der Waals surface area contributed by atoms with Gasteiger partial charge in [0.25, 0.3) is 0 Å². The van der Waals surface area contributed by atoms with Crippen molar-refractivity contribution in [2.24, 2.45) is 5.92 Å². The minimum absolute atomic E-state index is 0.650. The van der Waals surface area contributed by atoms with Gasteiger partial charge in [0.2, 0.25) is 0 Å². The first kappa shape index (κ1) is 10.5. The van der Waals surface area contributed by atoms with Crippen molar-refractivity contribution in [1.82, 2.24) is 9.78 Å². The Labute approximate surface area is 91.9 Å². The van der Waals surface area contributed by atoms with Gasteiger partial charge in [0, 0.05) is 18.7 Å². The lowest BCUT2D eigenvalue weighted by atomic mass is 10.1. The van der Waals surface area contributed by atoms with E-state index in [4.69, 9.17) is 0 Å². The monoisotopic (exact) mass is 207 g/mol. The van der Waals surface area contributed by atoms with E-state index in [1.165, 1.54) is 25.1 Å². The van der Waals surface area contributed by atoms with Crippen LogP contribution in [0, 0.1) is 5.92 Å². The lowest BCUT2D eigenvalue weighted by Gasteiger charge is -2.18. The molecule has 0 saturated heterocycles. The smallest absolute Gasteiger partial charge is 0.124 e. The molecule has 3 heteroatoms. The maximum absolute atomic E-state index is 4.33. The van der Waals surface area contributed by atoms with Crippen LogP contribution in [-0.2, 0) is 6.54 Å². The minimum Gasteiger partial charge on any atom is -0.367 e. The average Bonchev–Trinajstić information content (AvgIpc) is 2.99. The number of hydrogen-bond donors (Lipinski definition) is 1. The van der Waals surface area contributed by atoms with Crippen LogP contribution < -0.4 is 5.32 Å². The fourth-order valence-electron chi connectivity index (χ4n) is 2.09. The Bertz CT molecular complexity index is 302. The molecule has 15 heavy (non-hydrogen) atoms. The average molecular weight is 207 g/mol. The van der Waals surface area contributed by atoms with E-state index in [0.29, 0.717) is 6.04 Å². The van der Waals surface area contributed by atoms with Gasteiger partial charge < -0.3 is 5.32 Å². The molecule has 1 heterocycles. The first-order valence-corrected chi connectivity index (χ1v) is 6.13. The molecule has 0 spiro atoms. The molecule has 2 rings (SSSR count). The van der Waals surface area contributed by atoms with Crippen molar-refractivity contribution in [2.45, 2.75) is 52.1 Å². The highest BCUT2D eigenvalue weighted by Gasteiger charge is 2.30. The van der Waals surface area contributed by atoms with Crippen LogP contribution in [-0.4, -0.2) is 15.8 Å². The van der Waals surface area contributed by atoms with Gasteiger partial charge in [-0.1, -0.05) is 13.8 Å². The molecule has 1 aromatic heterocycles. The summed E-state index contributed by atoms with van der Waals surface area (Å²) in [7, 11) is 0. The summed E-state index contributed by atoms with van der Waals surface area (Å²) in [6.07, 6.45) is 7.02. The standard InChI is InChI=1S/C12H21N3/c1-3-9-15-12(7-8-13-15)14-11(4-2)10-5-6-10/h7-8,10-11,14H,3-6,9H2,1-2H3. The van der Waals surface area contributed by atoms with E-state index < -0.39 is 0 Å². The third-order valence-electron chi connectivity index (χ3n) is 3.12. The first-order valence-electron chi connectivity index (χ1n) is 6.13. The molecule has 1 fully saturated rings. The van der Waals surface area contributed by atoms with Gasteiger partial charge in [-0.05, 0) is 31.6 Å². The molecule has 1 aliphatic carbocycles. The van der Waals surface area contributed by atoms with Crippen LogP contribution in [0.4, 0.5) is 5.82 Å². The number of nitrogens with zero attached hydrogens (tertiary/aromatic N) is 2. The molecule has 0 aliphatic heterocycles. The minimum atomic E-state index is 0.650. The SMILES string of the molecule is CCCn1nccc1NC(CC)C1CC1. The fraction of sp³-hybridized carbons (Fsp3) is 0.750. The third kappa shape index (κ3) is 2.52. The van der Waals surface area contributed by atoms with E-state index in [9.17, 15) is 0 Å². The molecule has 0 bridgehead atoms. The zero-order valence-corrected chi connectivity index (χ0v) is 9.74. The molecule has 0 aromatic carbocycles. The Hall–Kier alpha value is -0.990. The quantitative estimate of drug-likeness (QED) is 0.777. The van der Waals surface area contributed by atoms with Crippen molar-refractivity contribution in [1.29, 1.82) is 0 Å². The largest absolute Gasteiger partial charge is 0.367 e. The fourth-order valence-corrected chi connectivity index (χ4v) is 2.09. The van der Waals surface area contributed by atoms with E-state index in [0.717, 1.165) is 18.9 Å². The predicted molar refractivity (Wildman–Crippen MR) is 62.9 cm³/mol. The lowest BCUT2D eigenvalue weighted by molar-refractivity contribution is 0.574. The van der Waals surface area contributed by atoms with Gasteiger partial charge in [0.15, 0.2) is 0 Å². The molecule has 3 nitrogen and oxygen atoms in total. The summed E-state index contributed by atoms with van der Waals surface area (Å²) in [5, 5.41) is 7.95. The van der Waals surface area contributed by atoms with Gasteiger partial charge >= 0.3 is 0 Å². The van der Waals surface area contributed by atoms with Crippen LogP contribution in [0.15, 0.2) is 12.3 Å². The molecular formula is C12H21N3. The Morgan fingerprint density at radius 3 is 2.93 bits per heavy atom. The van der Waals surface area contributed by atoms with Crippen molar-refractivity contribution < 1.29 is 0 Å². The molecule has 1 unspecified atom stereocenters. The number of rotatable bonds is 6. The zero-order chi connectivity index (χ0) is 10.7. The van der Waals surface area contributed by atoms with E-state index in [-0.39, 0.29) is 0 Å². The highest BCUT2D eigenvalue weighted by atomic mass is 15.3. The van der Waals surface area contributed by atoms with Crippen LogP contribution in [0.2, 0.25) is 0 Å². The second-order valence-electron chi connectivity index (χ2n) is 4.44. The molecule has 0 amide bonds. The Balaban J connectivity index is 1.98. The van der Waals surface area contributed by atoms with Crippen LogP contribution >= 0.6 is 0 Å². The summed E-state index contributed by atoms with van der Waals surface area (Å²) in [6, 6.07) is 2.73. The Morgan fingerprint density at radius 2 is 2.33 bits per heavy atom. The summed E-state index contributed by atoms with van der Waals surface area (Å²) < 4.78 is 2.07. The van der Waals surface area contributed by atoms with E-state index in [2.05, 4.69) is 35.0 Å². The third-order valence-corrected chi connectivity index (χ3v) is 3.12. The van der Waals surface area contributed by atoms with Gasteiger partial charge in [-0.25, -0.2) is 4.68 Å². The van der Waals surface area contributed by atoms with Crippen molar-refractivity contribution in [3.8, 4) is 0 Å². The van der Waals surface area contributed by atoms with Gasteiger partial charge in [-0.3, -0.25) is 0 Å². The summed E-state index contributed by atoms with van der Waals surface area (Å²) in [4.78, 5) is 0. The van der Waals surface area contributed by atoms with Crippen molar-refractivity contribution >= 4 is 5.82 Å². The number of nitrogens with one attached hydrogen (secondary N) is 1. The Kier molecular flexibility index (Phi) is 3.29. The van der Waals surface area contributed by atoms with Crippen LogP contribution in [0.3, 0.4) is 0 Å². The number of aromatic nitrogens is 2.